The van der Waals surface area contributed by atoms with Crippen LogP contribution in [0.3, 0.4) is 0 Å². The van der Waals surface area contributed by atoms with Crippen molar-refractivity contribution < 1.29 is 23.4 Å². The molecular formula is C22H37O5PS. The van der Waals surface area contributed by atoms with Crippen LogP contribution in [0, 0.1) is 0 Å². The summed E-state index contributed by atoms with van der Waals surface area (Å²) in [6, 6.07) is 7.39. The van der Waals surface area contributed by atoms with E-state index < -0.39 is 6.57 Å². The van der Waals surface area contributed by atoms with Crippen molar-refractivity contribution in [1.29, 1.82) is 0 Å². The lowest BCUT2D eigenvalue weighted by Gasteiger charge is -2.24. The molecule has 0 aliphatic heterocycles. The molecule has 1 aromatic rings. The molecule has 0 bridgehead atoms. The molecule has 0 N–H and O–H groups in total. The molecule has 1 rings (SSSR count). The SMILES string of the molecule is CCCCCC(=O)Oc1ccc(CSP(=O)(OCC(CCC)OC)C(C)C)cc1. The molecule has 2 atom stereocenters. The van der Waals surface area contributed by atoms with Crippen LogP contribution >= 0.6 is 18.0 Å². The van der Waals surface area contributed by atoms with Crippen molar-refractivity contribution in [3.63, 3.8) is 0 Å². The van der Waals surface area contributed by atoms with E-state index in [0.29, 0.717) is 24.5 Å². The van der Waals surface area contributed by atoms with Gasteiger partial charge in [0.05, 0.1) is 12.7 Å². The Bertz CT molecular complexity index is 633. The zero-order valence-corrected chi connectivity index (χ0v) is 20.2. The highest BCUT2D eigenvalue weighted by atomic mass is 32.7. The molecule has 0 aliphatic carbocycles. The topological polar surface area (TPSA) is 61.8 Å². The summed E-state index contributed by atoms with van der Waals surface area (Å²) >= 11 is 1.36. The second-order valence-corrected chi connectivity index (χ2v) is 12.6. The fraction of sp³-hybridized carbons (Fsp3) is 0.682. The zero-order valence-electron chi connectivity index (χ0n) is 18.5. The molecule has 0 heterocycles. The fourth-order valence-corrected chi connectivity index (χ4v) is 6.49. The monoisotopic (exact) mass is 444 g/mol. The average Bonchev–Trinajstić information content (AvgIpc) is 2.70. The van der Waals surface area contributed by atoms with Crippen LogP contribution in [-0.2, 0) is 24.4 Å². The first-order valence-corrected chi connectivity index (χ1v) is 13.8. The number of methoxy groups -OCH3 is 1. The molecule has 0 saturated carbocycles. The highest BCUT2D eigenvalue weighted by molar-refractivity contribution is 8.56. The van der Waals surface area contributed by atoms with E-state index in [1.807, 2.05) is 26.0 Å². The summed E-state index contributed by atoms with van der Waals surface area (Å²) in [4.78, 5) is 11.8. The van der Waals surface area contributed by atoms with Crippen LogP contribution in [-0.4, -0.2) is 31.4 Å². The van der Waals surface area contributed by atoms with Crippen LogP contribution in [0.5, 0.6) is 5.75 Å². The zero-order chi connectivity index (χ0) is 21.7. The van der Waals surface area contributed by atoms with Crippen LogP contribution in [0.4, 0.5) is 0 Å². The van der Waals surface area contributed by atoms with Crippen molar-refractivity contribution in [2.75, 3.05) is 13.7 Å². The highest BCUT2D eigenvalue weighted by Crippen LogP contribution is 2.64. The van der Waals surface area contributed by atoms with Gasteiger partial charge >= 0.3 is 5.97 Å². The molecule has 0 aliphatic rings. The number of carbonyl (C=O) groups excluding carboxylic acids is 1. The maximum Gasteiger partial charge on any atom is 0.311 e. The van der Waals surface area contributed by atoms with Gasteiger partial charge in [-0.15, -0.1) is 0 Å². The van der Waals surface area contributed by atoms with Crippen molar-refractivity contribution in [2.45, 2.75) is 83.7 Å². The second-order valence-electron chi connectivity index (χ2n) is 7.42. The Hall–Kier alpha value is -0.810. The molecule has 0 amide bonds. The first-order chi connectivity index (χ1) is 13.8. The Morgan fingerprint density at radius 1 is 1.10 bits per heavy atom. The summed E-state index contributed by atoms with van der Waals surface area (Å²) in [5, 5.41) is 0. The minimum Gasteiger partial charge on any atom is -0.427 e. The van der Waals surface area contributed by atoms with Gasteiger partial charge in [-0.05, 0) is 30.5 Å². The van der Waals surface area contributed by atoms with Gasteiger partial charge in [-0.1, -0.05) is 70.5 Å². The molecule has 7 heteroatoms. The minimum atomic E-state index is -2.85. The lowest BCUT2D eigenvalue weighted by atomic mass is 10.2. The van der Waals surface area contributed by atoms with Crippen molar-refractivity contribution >= 4 is 23.9 Å². The maximum atomic E-state index is 13.3. The van der Waals surface area contributed by atoms with E-state index in [1.54, 1.807) is 19.2 Å². The molecule has 29 heavy (non-hydrogen) atoms. The Kier molecular flexibility index (Phi) is 12.9. The Labute approximate surface area is 180 Å². The molecule has 0 aromatic heterocycles. The number of benzene rings is 1. The first kappa shape index (κ1) is 26.2. The second kappa shape index (κ2) is 14.2. The Morgan fingerprint density at radius 2 is 1.79 bits per heavy atom. The molecule has 0 spiro atoms. The van der Waals surface area contributed by atoms with Crippen molar-refractivity contribution in [1.82, 2.24) is 0 Å². The van der Waals surface area contributed by atoms with E-state index >= 15 is 0 Å². The van der Waals surface area contributed by atoms with Gasteiger partial charge in [0.25, 0.3) is 6.57 Å². The van der Waals surface area contributed by atoms with E-state index in [9.17, 15) is 9.36 Å². The molecule has 2 unspecified atom stereocenters. The standard InChI is InChI=1S/C22H37O5PS/c1-6-8-9-11-22(23)27-20-14-12-19(13-15-20)17-29-28(24,18(3)4)26-16-21(25-5)10-7-2/h12-15,18,21H,6-11,16-17H2,1-5H3. The van der Waals surface area contributed by atoms with Crippen LogP contribution in [0.15, 0.2) is 24.3 Å². The fourth-order valence-electron chi connectivity index (χ4n) is 2.63. The summed E-state index contributed by atoms with van der Waals surface area (Å²) in [5.74, 6) is 0.926. The maximum absolute atomic E-state index is 13.3. The third-order valence-electron chi connectivity index (χ3n) is 4.57. The van der Waals surface area contributed by atoms with Gasteiger partial charge in [0.2, 0.25) is 0 Å². The van der Waals surface area contributed by atoms with E-state index in [1.165, 1.54) is 11.4 Å². The van der Waals surface area contributed by atoms with Crippen LogP contribution in [0.25, 0.3) is 0 Å². The molecule has 0 fully saturated rings. The lowest BCUT2D eigenvalue weighted by molar-refractivity contribution is -0.134. The van der Waals surface area contributed by atoms with Gasteiger partial charge in [-0.2, -0.15) is 0 Å². The first-order valence-electron chi connectivity index (χ1n) is 10.6. The third-order valence-corrected chi connectivity index (χ3v) is 10.2. The summed E-state index contributed by atoms with van der Waals surface area (Å²) in [7, 11) is 1.66. The van der Waals surface area contributed by atoms with Crippen LogP contribution in [0.1, 0.15) is 71.8 Å². The molecule has 0 saturated heterocycles. The largest absolute Gasteiger partial charge is 0.427 e. The average molecular weight is 445 g/mol. The van der Waals surface area contributed by atoms with Crippen molar-refractivity contribution in [3.05, 3.63) is 29.8 Å². The van der Waals surface area contributed by atoms with Gasteiger partial charge < -0.3 is 14.0 Å². The molecule has 0 radical (unpaired) electrons. The van der Waals surface area contributed by atoms with Gasteiger partial charge in [0, 0.05) is 24.9 Å². The predicted octanol–water partition coefficient (Wildman–Crippen LogP) is 6.84. The van der Waals surface area contributed by atoms with E-state index in [4.69, 9.17) is 14.0 Å². The molecule has 5 nitrogen and oxygen atoms in total. The van der Waals surface area contributed by atoms with Gasteiger partial charge in [0.1, 0.15) is 5.75 Å². The summed E-state index contributed by atoms with van der Waals surface area (Å²) < 4.78 is 29.9. The molecule has 1 aromatic carbocycles. The summed E-state index contributed by atoms with van der Waals surface area (Å²) in [6.07, 6.45) is 5.27. The number of esters is 1. The highest BCUT2D eigenvalue weighted by Gasteiger charge is 2.29. The number of unbranched alkanes of at least 4 members (excludes halogenated alkanes) is 2. The number of ether oxygens (including phenoxy) is 2. The lowest BCUT2D eigenvalue weighted by Crippen LogP contribution is -2.18. The van der Waals surface area contributed by atoms with Gasteiger partial charge in [-0.25, -0.2) is 0 Å². The number of hydrogen-bond acceptors (Lipinski definition) is 6. The number of hydrogen-bond donors (Lipinski definition) is 0. The van der Waals surface area contributed by atoms with Crippen molar-refractivity contribution in [2.24, 2.45) is 0 Å². The summed E-state index contributed by atoms with van der Waals surface area (Å²) in [5.41, 5.74) is 0.942. The smallest absolute Gasteiger partial charge is 0.311 e. The third kappa shape index (κ3) is 10.2. The Balaban J connectivity index is 2.57. The predicted molar refractivity (Wildman–Crippen MR) is 122 cm³/mol. The summed E-state index contributed by atoms with van der Waals surface area (Å²) in [6.45, 7) is 5.55. The Morgan fingerprint density at radius 3 is 2.34 bits per heavy atom. The van der Waals surface area contributed by atoms with Crippen LogP contribution < -0.4 is 4.74 Å². The van der Waals surface area contributed by atoms with Crippen molar-refractivity contribution in [3.8, 4) is 5.75 Å². The van der Waals surface area contributed by atoms with Crippen LogP contribution in [0.2, 0.25) is 0 Å². The van der Waals surface area contributed by atoms with E-state index in [2.05, 4.69) is 13.8 Å². The van der Waals surface area contributed by atoms with E-state index in [-0.39, 0.29) is 17.7 Å². The normalized spacial score (nSPS) is 14.6. The van der Waals surface area contributed by atoms with Gasteiger partial charge in [-0.3, -0.25) is 9.36 Å². The number of rotatable bonds is 15. The number of carbonyl (C=O) groups is 1. The molecule has 166 valence electrons. The quantitative estimate of drug-likeness (QED) is 0.128. The van der Waals surface area contributed by atoms with Gasteiger partial charge in [0.15, 0.2) is 0 Å². The minimum absolute atomic E-state index is 0.0287. The molecular weight excluding hydrogens is 407 g/mol. The van der Waals surface area contributed by atoms with E-state index in [0.717, 1.165) is 37.7 Å².